The van der Waals surface area contributed by atoms with E-state index >= 15 is 0 Å². The highest BCUT2D eigenvalue weighted by molar-refractivity contribution is 5.85. The molecule has 4 heteroatoms. The molecule has 0 saturated carbocycles. The molecule has 0 heterocycles. The van der Waals surface area contributed by atoms with Gasteiger partial charge in [0.2, 0.25) is 0 Å². The molecule has 0 saturated heterocycles. The maximum atomic E-state index is 14.8. The third-order valence-corrected chi connectivity index (χ3v) is 5.17. The van der Waals surface area contributed by atoms with Crippen LogP contribution in [0.15, 0.2) is 48.5 Å². The van der Waals surface area contributed by atoms with Crippen molar-refractivity contribution in [3.8, 4) is 0 Å². The molecule has 142 valence electrons. The van der Waals surface area contributed by atoms with Crippen LogP contribution in [0, 0.1) is 37.1 Å². The molecular weight excluding hydrogens is 364 g/mol. The van der Waals surface area contributed by atoms with Crippen LogP contribution in [0.3, 0.4) is 0 Å². The van der Waals surface area contributed by atoms with Crippen LogP contribution < -0.4 is 0 Å². The van der Waals surface area contributed by atoms with Gasteiger partial charge in [0.25, 0.3) is 0 Å². The number of hydrogen-bond acceptors (Lipinski definition) is 0. The Balaban J connectivity index is 1.73. The van der Waals surface area contributed by atoms with Crippen molar-refractivity contribution in [1.29, 1.82) is 0 Å². The lowest BCUT2D eigenvalue weighted by atomic mass is 9.96. The molecule has 4 aromatic carbocycles. The number of hydrogen-bond donors (Lipinski definition) is 0. The van der Waals surface area contributed by atoms with Crippen LogP contribution in [-0.4, -0.2) is 0 Å². The molecular formula is C24H18F4. The lowest BCUT2D eigenvalue weighted by molar-refractivity contribution is 0.504. The van der Waals surface area contributed by atoms with Crippen molar-refractivity contribution in [2.75, 3.05) is 0 Å². The van der Waals surface area contributed by atoms with Gasteiger partial charge in [0, 0.05) is 16.3 Å². The van der Waals surface area contributed by atoms with Gasteiger partial charge < -0.3 is 0 Å². The first-order chi connectivity index (χ1) is 13.3. The number of benzene rings is 4. The van der Waals surface area contributed by atoms with Gasteiger partial charge in [-0.05, 0) is 61.2 Å². The summed E-state index contributed by atoms with van der Waals surface area (Å²) in [5.74, 6) is -3.21. The van der Waals surface area contributed by atoms with Crippen molar-refractivity contribution in [2.45, 2.75) is 26.7 Å². The molecule has 0 aliphatic rings. The monoisotopic (exact) mass is 382 g/mol. The zero-order valence-corrected chi connectivity index (χ0v) is 15.5. The van der Waals surface area contributed by atoms with Gasteiger partial charge in [0.15, 0.2) is 11.6 Å². The summed E-state index contributed by atoms with van der Waals surface area (Å²) in [6, 6.07) is 13.0. The van der Waals surface area contributed by atoms with E-state index in [9.17, 15) is 17.6 Å². The summed E-state index contributed by atoms with van der Waals surface area (Å²) >= 11 is 0. The van der Waals surface area contributed by atoms with Crippen LogP contribution in [0.1, 0.15) is 22.3 Å². The number of aryl methyl sites for hydroxylation is 3. The van der Waals surface area contributed by atoms with Crippen molar-refractivity contribution in [1.82, 2.24) is 0 Å². The maximum absolute atomic E-state index is 14.8. The Morgan fingerprint density at radius 1 is 0.607 bits per heavy atom. The Labute approximate surface area is 160 Å². The molecule has 0 aliphatic heterocycles. The largest absolute Gasteiger partial charge is 0.207 e. The summed E-state index contributed by atoms with van der Waals surface area (Å²) in [6.45, 7) is 3.65. The molecule has 0 radical (unpaired) electrons. The minimum Gasteiger partial charge on any atom is -0.207 e. The van der Waals surface area contributed by atoms with E-state index in [1.165, 1.54) is 6.07 Å². The second kappa shape index (κ2) is 6.93. The summed E-state index contributed by atoms with van der Waals surface area (Å²) in [5, 5.41) is 1.58. The Morgan fingerprint density at radius 3 is 2.11 bits per heavy atom. The van der Waals surface area contributed by atoms with Gasteiger partial charge in [-0.3, -0.25) is 0 Å². The van der Waals surface area contributed by atoms with Crippen molar-refractivity contribution < 1.29 is 17.6 Å². The summed E-state index contributed by atoms with van der Waals surface area (Å²) in [6.07, 6.45) is -0.0625. The Hall–Kier alpha value is -2.88. The first kappa shape index (κ1) is 18.5. The minimum atomic E-state index is -0.963. The molecule has 4 rings (SSSR count). The molecule has 0 atom stereocenters. The molecule has 4 aromatic rings. The van der Waals surface area contributed by atoms with Gasteiger partial charge >= 0.3 is 0 Å². The molecule has 0 bridgehead atoms. The highest BCUT2D eigenvalue weighted by Crippen LogP contribution is 2.29. The average Bonchev–Trinajstić information content (AvgIpc) is 2.65. The molecule has 0 fully saturated rings. The highest BCUT2D eigenvalue weighted by Gasteiger charge is 2.17. The standard InChI is InChI=1S/C24H18F4/c1-13-4-7-18-17(9-13)12-21(25)19(23(18)27)8-6-16-11-15-5-3-14(2)10-20(15)24(28)22(16)26/h3-5,7,9-12H,6,8H2,1-2H3. The van der Waals surface area contributed by atoms with Crippen LogP contribution in [0.5, 0.6) is 0 Å². The van der Waals surface area contributed by atoms with Crippen molar-refractivity contribution in [3.63, 3.8) is 0 Å². The van der Waals surface area contributed by atoms with Gasteiger partial charge in [-0.15, -0.1) is 0 Å². The molecule has 28 heavy (non-hydrogen) atoms. The second-order valence-corrected chi connectivity index (χ2v) is 7.26. The fourth-order valence-corrected chi connectivity index (χ4v) is 3.66. The Kier molecular flexibility index (Phi) is 4.58. The lowest BCUT2D eigenvalue weighted by Crippen LogP contribution is -2.03. The Bertz CT molecular complexity index is 1220. The fraction of sp³-hybridized carbons (Fsp3) is 0.167. The van der Waals surface area contributed by atoms with Crippen LogP contribution in [0.25, 0.3) is 21.5 Å². The normalized spacial score (nSPS) is 11.5. The summed E-state index contributed by atoms with van der Waals surface area (Å²) in [5.41, 5.74) is 1.73. The molecule has 0 aliphatic carbocycles. The van der Waals surface area contributed by atoms with Crippen molar-refractivity contribution in [2.24, 2.45) is 0 Å². The topological polar surface area (TPSA) is 0 Å². The number of fused-ring (bicyclic) bond motifs is 2. The number of halogens is 4. The first-order valence-corrected chi connectivity index (χ1v) is 9.09. The van der Waals surface area contributed by atoms with E-state index in [1.54, 1.807) is 43.3 Å². The molecule has 0 aromatic heterocycles. The smallest absolute Gasteiger partial charge is 0.166 e. The van der Waals surface area contributed by atoms with Crippen molar-refractivity contribution >= 4 is 21.5 Å². The number of rotatable bonds is 3. The van der Waals surface area contributed by atoms with Crippen LogP contribution in [0.2, 0.25) is 0 Å². The second-order valence-electron chi connectivity index (χ2n) is 7.26. The molecule has 0 N–H and O–H groups in total. The summed E-state index contributed by atoms with van der Waals surface area (Å²) < 4.78 is 58.3. The van der Waals surface area contributed by atoms with E-state index in [0.29, 0.717) is 16.2 Å². The average molecular weight is 382 g/mol. The SMILES string of the molecule is Cc1ccc2c(F)c(CCc3cc4ccc(C)cc4c(F)c3F)c(F)cc2c1. The van der Waals surface area contributed by atoms with Gasteiger partial charge in [-0.1, -0.05) is 41.5 Å². The quantitative estimate of drug-likeness (QED) is 0.336. The fourth-order valence-electron chi connectivity index (χ4n) is 3.66. The van der Waals surface area contributed by atoms with E-state index in [-0.39, 0.29) is 29.4 Å². The molecule has 0 spiro atoms. The van der Waals surface area contributed by atoms with Crippen LogP contribution >= 0.6 is 0 Å². The van der Waals surface area contributed by atoms with Crippen LogP contribution in [0.4, 0.5) is 17.6 Å². The van der Waals surface area contributed by atoms with E-state index in [1.807, 2.05) is 13.0 Å². The van der Waals surface area contributed by atoms with E-state index in [4.69, 9.17) is 0 Å². The minimum absolute atomic E-state index is 0.00220. The maximum Gasteiger partial charge on any atom is 0.166 e. The van der Waals surface area contributed by atoms with Gasteiger partial charge in [0.1, 0.15) is 11.6 Å². The zero-order chi connectivity index (χ0) is 20.0. The van der Waals surface area contributed by atoms with E-state index in [2.05, 4.69) is 0 Å². The first-order valence-electron chi connectivity index (χ1n) is 9.09. The zero-order valence-electron chi connectivity index (χ0n) is 15.5. The third kappa shape index (κ3) is 3.13. The third-order valence-electron chi connectivity index (χ3n) is 5.17. The van der Waals surface area contributed by atoms with Gasteiger partial charge in [-0.2, -0.15) is 0 Å². The Morgan fingerprint density at radius 2 is 1.32 bits per heavy atom. The van der Waals surface area contributed by atoms with Crippen LogP contribution in [-0.2, 0) is 12.8 Å². The predicted molar refractivity (Wildman–Crippen MR) is 105 cm³/mol. The molecule has 0 unspecified atom stereocenters. The summed E-state index contributed by atoms with van der Waals surface area (Å²) in [7, 11) is 0. The summed E-state index contributed by atoms with van der Waals surface area (Å²) in [4.78, 5) is 0. The molecule has 0 amide bonds. The van der Waals surface area contributed by atoms with Gasteiger partial charge in [0.05, 0.1) is 0 Å². The van der Waals surface area contributed by atoms with E-state index in [0.717, 1.165) is 11.1 Å². The van der Waals surface area contributed by atoms with Gasteiger partial charge in [-0.25, -0.2) is 17.6 Å². The lowest BCUT2D eigenvalue weighted by Gasteiger charge is -2.11. The van der Waals surface area contributed by atoms with Crippen molar-refractivity contribution in [3.05, 3.63) is 94.1 Å². The van der Waals surface area contributed by atoms with E-state index < -0.39 is 23.3 Å². The highest BCUT2D eigenvalue weighted by atomic mass is 19.2. The predicted octanol–water partition coefficient (Wildman–Crippen LogP) is 6.95. The molecule has 0 nitrogen and oxygen atoms in total.